The number of hydrogen-bond donors (Lipinski definition) is 2. The maximum Gasteiger partial charge on any atom is 0.234 e. The summed E-state index contributed by atoms with van der Waals surface area (Å²) < 4.78 is 11.5. The van der Waals surface area contributed by atoms with Crippen LogP contribution in [0, 0.1) is 6.92 Å². The summed E-state index contributed by atoms with van der Waals surface area (Å²) in [4.78, 5) is 26.6. The standard InChI is InChI=1S/C27H24N4O4S/c1-16-24-21(18(14-32)13-28-16)12-22-26(35-24)30-25(17-7-4-3-5-8-17)31-27(22)36-15-23(33)29-19-9-6-10-20(11-19)34-2/h3-11,13,32H,12,14-15H2,1-2H3,(H,29,33). The lowest BCUT2D eigenvalue weighted by atomic mass is 9.99. The number of aliphatic hydroxyl groups is 1. The molecule has 0 saturated carbocycles. The number of rotatable bonds is 7. The van der Waals surface area contributed by atoms with Gasteiger partial charge in [-0.25, -0.2) is 4.98 Å². The molecule has 4 aromatic rings. The molecule has 1 aliphatic rings. The normalized spacial score (nSPS) is 11.8. The number of carbonyl (C=O) groups excluding carboxylic acids is 1. The smallest absolute Gasteiger partial charge is 0.234 e. The van der Waals surface area contributed by atoms with E-state index in [9.17, 15) is 9.90 Å². The lowest BCUT2D eigenvalue weighted by molar-refractivity contribution is -0.113. The van der Waals surface area contributed by atoms with Crippen LogP contribution in [0.4, 0.5) is 5.69 Å². The Hall–Kier alpha value is -3.95. The zero-order valence-corrected chi connectivity index (χ0v) is 20.6. The third-order valence-electron chi connectivity index (χ3n) is 5.78. The Labute approximate surface area is 212 Å². The molecule has 0 radical (unpaired) electrons. The molecular formula is C27H24N4O4S. The number of nitrogens with one attached hydrogen (secondary N) is 1. The van der Waals surface area contributed by atoms with E-state index in [4.69, 9.17) is 19.4 Å². The van der Waals surface area contributed by atoms with Crippen molar-refractivity contribution in [1.82, 2.24) is 15.0 Å². The van der Waals surface area contributed by atoms with Crippen LogP contribution in [0.3, 0.4) is 0 Å². The molecule has 0 unspecified atom stereocenters. The summed E-state index contributed by atoms with van der Waals surface area (Å²) in [6, 6.07) is 16.8. The zero-order chi connectivity index (χ0) is 25.1. The maximum absolute atomic E-state index is 12.8. The van der Waals surface area contributed by atoms with Crippen molar-refractivity contribution in [2.24, 2.45) is 0 Å². The number of pyridine rings is 1. The Morgan fingerprint density at radius 2 is 1.97 bits per heavy atom. The number of nitrogens with zero attached hydrogens (tertiary/aromatic N) is 3. The van der Waals surface area contributed by atoms with Crippen molar-refractivity contribution in [3.05, 3.63) is 83.2 Å². The van der Waals surface area contributed by atoms with Crippen LogP contribution in [-0.4, -0.2) is 38.8 Å². The van der Waals surface area contributed by atoms with Crippen LogP contribution in [0.15, 0.2) is 65.8 Å². The molecule has 0 aliphatic carbocycles. The van der Waals surface area contributed by atoms with Gasteiger partial charge in [0.1, 0.15) is 10.8 Å². The van der Waals surface area contributed by atoms with Crippen molar-refractivity contribution in [3.8, 4) is 28.8 Å². The number of amides is 1. The number of aryl methyl sites for hydroxylation is 1. The Morgan fingerprint density at radius 1 is 1.14 bits per heavy atom. The van der Waals surface area contributed by atoms with E-state index in [0.29, 0.717) is 45.9 Å². The molecule has 1 amide bonds. The van der Waals surface area contributed by atoms with Gasteiger partial charge in [0.2, 0.25) is 11.8 Å². The van der Waals surface area contributed by atoms with Gasteiger partial charge in [-0.15, -0.1) is 0 Å². The molecule has 9 heteroatoms. The first kappa shape index (κ1) is 23.8. The van der Waals surface area contributed by atoms with E-state index in [-0.39, 0.29) is 18.3 Å². The zero-order valence-electron chi connectivity index (χ0n) is 19.8. The third-order valence-corrected chi connectivity index (χ3v) is 6.80. The van der Waals surface area contributed by atoms with Gasteiger partial charge in [0.15, 0.2) is 11.6 Å². The van der Waals surface area contributed by atoms with E-state index < -0.39 is 0 Å². The molecule has 0 bridgehead atoms. The lowest BCUT2D eigenvalue weighted by Crippen LogP contribution is -2.16. The molecule has 2 N–H and O–H groups in total. The Morgan fingerprint density at radius 3 is 2.75 bits per heavy atom. The molecule has 36 heavy (non-hydrogen) atoms. The van der Waals surface area contributed by atoms with Gasteiger partial charge < -0.3 is 19.9 Å². The predicted octanol–water partition coefficient (Wildman–Crippen LogP) is 4.78. The predicted molar refractivity (Wildman–Crippen MR) is 138 cm³/mol. The van der Waals surface area contributed by atoms with Crippen LogP contribution >= 0.6 is 11.8 Å². The fraction of sp³-hybridized carbons (Fsp3) is 0.185. The molecule has 0 spiro atoms. The summed E-state index contributed by atoms with van der Waals surface area (Å²) in [6.07, 6.45) is 2.13. The van der Waals surface area contributed by atoms with Crippen molar-refractivity contribution in [2.45, 2.75) is 25.0 Å². The monoisotopic (exact) mass is 500 g/mol. The molecule has 1 aliphatic heterocycles. The Balaban J connectivity index is 1.46. The van der Waals surface area contributed by atoms with E-state index in [2.05, 4.69) is 10.3 Å². The average molecular weight is 501 g/mol. The first-order chi connectivity index (χ1) is 17.6. The second kappa shape index (κ2) is 10.3. The van der Waals surface area contributed by atoms with Crippen molar-refractivity contribution in [3.63, 3.8) is 0 Å². The van der Waals surface area contributed by atoms with Crippen molar-refractivity contribution < 1.29 is 19.4 Å². The first-order valence-electron chi connectivity index (χ1n) is 11.3. The molecule has 2 aromatic heterocycles. The number of thioether (sulfide) groups is 1. The fourth-order valence-corrected chi connectivity index (χ4v) is 4.79. The number of anilines is 1. The Kier molecular flexibility index (Phi) is 6.84. The SMILES string of the molecule is COc1cccc(NC(=O)CSc2nc(-c3ccccc3)nc3c2Cc2c(CO)cnc(C)c2O3)c1. The minimum Gasteiger partial charge on any atom is -0.497 e. The highest BCUT2D eigenvalue weighted by Crippen LogP contribution is 2.42. The summed E-state index contributed by atoms with van der Waals surface area (Å²) in [5.41, 5.74) is 4.55. The highest BCUT2D eigenvalue weighted by atomic mass is 32.2. The van der Waals surface area contributed by atoms with Crippen LogP contribution in [-0.2, 0) is 17.8 Å². The minimum atomic E-state index is -0.171. The molecule has 0 saturated heterocycles. The van der Waals surface area contributed by atoms with Crippen molar-refractivity contribution in [1.29, 1.82) is 0 Å². The number of benzene rings is 2. The number of ether oxygens (including phenoxy) is 2. The summed E-state index contributed by atoms with van der Waals surface area (Å²) in [7, 11) is 1.58. The molecule has 2 aromatic carbocycles. The van der Waals surface area contributed by atoms with Gasteiger partial charge in [-0.1, -0.05) is 48.2 Å². The highest BCUT2D eigenvalue weighted by molar-refractivity contribution is 8.00. The highest BCUT2D eigenvalue weighted by Gasteiger charge is 2.28. The van der Waals surface area contributed by atoms with Gasteiger partial charge in [0.05, 0.1) is 30.7 Å². The van der Waals surface area contributed by atoms with Crippen molar-refractivity contribution >= 4 is 23.4 Å². The van der Waals surface area contributed by atoms with Crippen LogP contribution in [0.25, 0.3) is 11.4 Å². The molecule has 5 rings (SSSR count). The van der Waals surface area contributed by atoms with Crippen LogP contribution < -0.4 is 14.8 Å². The van der Waals surface area contributed by atoms with Gasteiger partial charge in [-0.3, -0.25) is 9.78 Å². The van der Waals surface area contributed by atoms with Gasteiger partial charge in [0, 0.05) is 41.1 Å². The molecule has 0 atom stereocenters. The molecule has 182 valence electrons. The number of carbonyl (C=O) groups is 1. The van der Waals surface area contributed by atoms with Crippen LogP contribution in [0.1, 0.15) is 22.4 Å². The van der Waals surface area contributed by atoms with E-state index >= 15 is 0 Å². The van der Waals surface area contributed by atoms with Crippen molar-refractivity contribution in [2.75, 3.05) is 18.2 Å². The lowest BCUT2D eigenvalue weighted by Gasteiger charge is -2.24. The summed E-state index contributed by atoms with van der Waals surface area (Å²) >= 11 is 1.32. The van der Waals surface area contributed by atoms with E-state index in [1.165, 1.54) is 11.8 Å². The topological polar surface area (TPSA) is 106 Å². The first-order valence-corrected chi connectivity index (χ1v) is 12.3. The summed E-state index contributed by atoms with van der Waals surface area (Å²) in [5, 5.41) is 13.4. The quantitative estimate of drug-likeness (QED) is 0.243. The molecule has 3 heterocycles. The second-order valence-corrected chi connectivity index (χ2v) is 9.15. The maximum atomic E-state index is 12.8. The van der Waals surface area contributed by atoms with E-state index in [1.807, 2.05) is 55.5 Å². The second-order valence-electron chi connectivity index (χ2n) is 8.18. The molecule has 0 fully saturated rings. The molecule has 8 nitrogen and oxygen atoms in total. The van der Waals surface area contributed by atoms with Gasteiger partial charge in [-0.2, -0.15) is 4.98 Å². The number of fused-ring (bicyclic) bond motifs is 2. The average Bonchev–Trinajstić information content (AvgIpc) is 2.91. The number of aliphatic hydroxyl groups excluding tert-OH is 1. The fourth-order valence-electron chi connectivity index (χ4n) is 3.96. The van der Waals surface area contributed by atoms with Crippen LogP contribution in [0.2, 0.25) is 0 Å². The van der Waals surface area contributed by atoms with E-state index in [1.54, 1.807) is 19.4 Å². The van der Waals surface area contributed by atoms with Gasteiger partial charge in [0.25, 0.3) is 0 Å². The molecular weight excluding hydrogens is 476 g/mol. The largest absolute Gasteiger partial charge is 0.497 e. The summed E-state index contributed by atoms with van der Waals surface area (Å²) in [5.74, 6) is 2.19. The Bertz CT molecular complexity index is 1430. The number of methoxy groups -OCH3 is 1. The summed E-state index contributed by atoms with van der Waals surface area (Å²) in [6.45, 7) is 1.71. The minimum absolute atomic E-state index is 0.143. The third kappa shape index (κ3) is 4.89. The van der Waals surface area contributed by atoms with Gasteiger partial charge in [-0.05, 0) is 19.1 Å². The van der Waals surface area contributed by atoms with Crippen LogP contribution in [0.5, 0.6) is 17.4 Å². The van der Waals surface area contributed by atoms with Gasteiger partial charge >= 0.3 is 0 Å². The number of hydrogen-bond acceptors (Lipinski definition) is 8. The van der Waals surface area contributed by atoms with E-state index in [0.717, 1.165) is 22.4 Å². The number of aromatic nitrogens is 3.